The molecule has 1 atom stereocenters. The number of carbonyl (C=O) groups excluding carboxylic acids is 2. The first kappa shape index (κ1) is 21.5. The van der Waals surface area contributed by atoms with Gasteiger partial charge in [-0.15, -0.1) is 12.4 Å². The standard InChI is InChI=1S/C19H29N3O2.ClH/c1-4-10-21(11-5-2)18(23)16-7-6-8-17(13-16)19(24)22-12-9-20-14-15(22)3;/h6-8,13,15,20H,4-5,9-12,14H2,1-3H3;1H/t15-;/m1./s1. The van der Waals surface area contributed by atoms with Crippen LogP contribution in [0.3, 0.4) is 0 Å². The number of hydrogen-bond acceptors (Lipinski definition) is 3. The maximum absolute atomic E-state index is 12.8. The second kappa shape index (κ2) is 10.4. The van der Waals surface area contributed by atoms with Gasteiger partial charge in [-0.1, -0.05) is 19.9 Å². The summed E-state index contributed by atoms with van der Waals surface area (Å²) < 4.78 is 0. The molecule has 0 spiro atoms. The van der Waals surface area contributed by atoms with E-state index in [4.69, 9.17) is 0 Å². The Morgan fingerprint density at radius 1 is 1.20 bits per heavy atom. The monoisotopic (exact) mass is 367 g/mol. The Hall–Kier alpha value is -1.59. The summed E-state index contributed by atoms with van der Waals surface area (Å²) in [7, 11) is 0. The van der Waals surface area contributed by atoms with Gasteiger partial charge in [0, 0.05) is 49.9 Å². The van der Waals surface area contributed by atoms with Crippen molar-refractivity contribution < 1.29 is 9.59 Å². The molecule has 0 bridgehead atoms. The van der Waals surface area contributed by atoms with E-state index < -0.39 is 0 Å². The minimum Gasteiger partial charge on any atom is -0.339 e. The Labute approximate surface area is 157 Å². The van der Waals surface area contributed by atoms with Crippen LogP contribution in [0.5, 0.6) is 0 Å². The van der Waals surface area contributed by atoms with Crippen molar-refractivity contribution >= 4 is 24.2 Å². The fourth-order valence-electron chi connectivity index (χ4n) is 3.13. The number of piperazine rings is 1. The molecule has 1 aliphatic heterocycles. The first-order chi connectivity index (χ1) is 11.6. The molecule has 0 aliphatic carbocycles. The molecule has 2 amide bonds. The van der Waals surface area contributed by atoms with Crippen molar-refractivity contribution in [1.29, 1.82) is 0 Å². The molecule has 0 saturated carbocycles. The largest absolute Gasteiger partial charge is 0.339 e. The molecule has 140 valence electrons. The minimum atomic E-state index is 0. The van der Waals surface area contributed by atoms with Gasteiger partial charge in [0.1, 0.15) is 0 Å². The van der Waals surface area contributed by atoms with Gasteiger partial charge in [-0.3, -0.25) is 9.59 Å². The Morgan fingerprint density at radius 3 is 2.44 bits per heavy atom. The minimum absolute atomic E-state index is 0. The molecule has 1 heterocycles. The molecule has 0 aromatic heterocycles. The van der Waals surface area contributed by atoms with E-state index in [0.29, 0.717) is 17.7 Å². The van der Waals surface area contributed by atoms with Crippen LogP contribution in [0, 0.1) is 0 Å². The van der Waals surface area contributed by atoms with Gasteiger partial charge in [0.05, 0.1) is 0 Å². The average Bonchev–Trinajstić information content (AvgIpc) is 2.61. The van der Waals surface area contributed by atoms with E-state index >= 15 is 0 Å². The smallest absolute Gasteiger partial charge is 0.254 e. The summed E-state index contributed by atoms with van der Waals surface area (Å²) in [5.41, 5.74) is 1.20. The number of hydrogen-bond donors (Lipinski definition) is 1. The van der Waals surface area contributed by atoms with E-state index in [1.807, 2.05) is 22.8 Å². The fraction of sp³-hybridized carbons (Fsp3) is 0.579. The maximum Gasteiger partial charge on any atom is 0.254 e. The SMILES string of the molecule is CCCN(CCC)C(=O)c1cccc(C(=O)N2CCNC[C@H]2C)c1.Cl. The lowest BCUT2D eigenvalue weighted by Gasteiger charge is -2.34. The number of nitrogens with zero attached hydrogens (tertiary/aromatic N) is 2. The quantitative estimate of drug-likeness (QED) is 0.841. The number of amides is 2. The fourth-order valence-corrected chi connectivity index (χ4v) is 3.13. The predicted molar refractivity (Wildman–Crippen MR) is 104 cm³/mol. The number of carbonyl (C=O) groups is 2. The molecule has 0 unspecified atom stereocenters. The molecule has 1 aliphatic rings. The summed E-state index contributed by atoms with van der Waals surface area (Å²) in [4.78, 5) is 29.3. The van der Waals surface area contributed by atoms with E-state index in [9.17, 15) is 9.59 Å². The predicted octanol–water partition coefficient (Wildman–Crippen LogP) is 2.80. The third kappa shape index (κ3) is 5.44. The van der Waals surface area contributed by atoms with Gasteiger partial charge in [-0.2, -0.15) is 0 Å². The second-order valence-corrected chi connectivity index (χ2v) is 6.42. The van der Waals surface area contributed by atoms with Gasteiger partial charge in [0.2, 0.25) is 0 Å². The normalized spacial score (nSPS) is 16.9. The first-order valence-electron chi connectivity index (χ1n) is 8.99. The van der Waals surface area contributed by atoms with Crippen molar-refractivity contribution in [3.63, 3.8) is 0 Å². The van der Waals surface area contributed by atoms with Crippen LogP contribution in [-0.4, -0.2) is 60.4 Å². The summed E-state index contributed by atoms with van der Waals surface area (Å²) in [5, 5.41) is 3.29. The second-order valence-electron chi connectivity index (χ2n) is 6.42. The molecule has 1 N–H and O–H groups in total. The van der Waals surface area contributed by atoms with Crippen molar-refractivity contribution in [2.24, 2.45) is 0 Å². The van der Waals surface area contributed by atoms with E-state index in [1.54, 1.807) is 18.2 Å². The molecule has 1 aromatic rings. The van der Waals surface area contributed by atoms with Crippen molar-refractivity contribution in [3.05, 3.63) is 35.4 Å². The Bertz CT molecular complexity index is 574. The van der Waals surface area contributed by atoms with Gasteiger partial charge >= 0.3 is 0 Å². The van der Waals surface area contributed by atoms with Crippen molar-refractivity contribution in [2.75, 3.05) is 32.7 Å². The van der Waals surface area contributed by atoms with Gasteiger partial charge in [0.15, 0.2) is 0 Å². The number of halogens is 1. The highest BCUT2D eigenvalue weighted by molar-refractivity contribution is 5.99. The third-order valence-corrected chi connectivity index (χ3v) is 4.39. The topological polar surface area (TPSA) is 52.7 Å². The Balaban J connectivity index is 0.00000312. The molecule has 25 heavy (non-hydrogen) atoms. The van der Waals surface area contributed by atoms with Crippen molar-refractivity contribution in [3.8, 4) is 0 Å². The average molecular weight is 368 g/mol. The molecule has 1 fully saturated rings. The van der Waals surface area contributed by atoms with Crippen LogP contribution in [0.2, 0.25) is 0 Å². The van der Waals surface area contributed by atoms with E-state index in [1.165, 1.54) is 0 Å². The van der Waals surface area contributed by atoms with Crippen LogP contribution in [0.25, 0.3) is 0 Å². The third-order valence-electron chi connectivity index (χ3n) is 4.39. The van der Waals surface area contributed by atoms with Crippen LogP contribution in [0.1, 0.15) is 54.3 Å². The molecule has 6 heteroatoms. The summed E-state index contributed by atoms with van der Waals surface area (Å²) in [6, 6.07) is 7.33. The van der Waals surface area contributed by atoms with Gasteiger partial charge in [0.25, 0.3) is 11.8 Å². The maximum atomic E-state index is 12.8. The molecule has 1 saturated heterocycles. The summed E-state index contributed by atoms with van der Waals surface area (Å²) in [6.45, 7) is 10.0. The van der Waals surface area contributed by atoms with Crippen molar-refractivity contribution in [1.82, 2.24) is 15.1 Å². The summed E-state index contributed by atoms with van der Waals surface area (Å²) in [5.74, 6) is 0.0258. The van der Waals surface area contributed by atoms with Crippen LogP contribution in [-0.2, 0) is 0 Å². The van der Waals surface area contributed by atoms with Gasteiger partial charge in [-0.05, 0) is 38.0 Å². The van der Waals surface area contributed by atoms with E-state index in [0.717, 1.165) is 39.0 Å². The zero-order valence-electron chi connectivity index (χ0n) is 15.5. The van der Waals surface area contributed by atoms with Crippen LogP contribution < -0.4 is 5.32 Å². The van der Waals surface area contributed by atoms with E-state index in [-0.39, 0.29) is 30.3 Å². The van der Waals surface area contributed by atoms with Crippen LogP contribution >= 0.6 is 12.4 Å². The van der Waals surface area contributed by atoms with Crippen molar-refractivity contribution in [2.45, 2.75) is 39.7 Å². The molecule has 5 nitrogen and oxygen atoms in total. The van der Waals surface area contributed by atoms with E-state index in [2.05, 4.69) is 19.2 Å². The molecule has 0 radical (unpaired) electrons. The lowest BCUT2D eigenvalue weighted by atomic mass is 10.1. The number of rotatable bonds is 6. The van der Waals surface area contributed by atoms with Gasteiger partial charge in [-0.25, -0.2) is 0 Å². The first-order valence-corrected chi connectivity index (χ1v) is 8.99. The lowest BCUT2D eigenvalue weighted by Crippen LogP contribution is -2.52. The molecular weight excluding hydrogens is 338 g/mol. The van der Waals surface area contributed by atoms with Crippen LogP contribution in [0.15, 0.2) is 24.3 Å². The highest BCUT2D eigenvalue weighted by Crippen LogP contribution is 2.14. The van der Waals surface area contributed by atoms with Gasteiger partial charge < -0.3 is 15.1 Å². The molecule has 2 rings (SSSR count). The highest BCUT2D eigenvalue weighted by Gasteiger charge is 2.25. The Morgan fingerprint density at radius 2 is 1.84 bits per heavy atom. The molecular formula is C19H30ClN3O2. The zero-order chi connectivity index (χ0) is 17.5. The summed E-state index contributed by atoms with van der Waals surface area (Å²) in [6.07, 6.45) is 1.87. The summed E-state index contributed by atoms with van der Waals surface area (Å²) >= 11 is 0. The zero-order valence-corrected chi connectivity index (χ0v) is 16.3. The number of nitrogens with one attached hydrogen (secondary N) is 1. The molecule has 1 aromatic carbocycles. The lowest BCUT2D eigenvalue weighted by molar-refractivity contribution is 0.0655. The van der Waals surface area contributed by atoms with Crippen LogP contribution in [0.4, 0.5) is 0 Å². The Kier molecular flexibility index (Phi) is 8.93. The number of benzene rings is 1. The highest BCUT2D eigenvalue weighted by atomic mass is 35.5.